The summed E-state index contributed by atoms with van der Waals surface area (Å²) >= 11 is 0. The third-order valence-corrected chi connectivity index (χ3v) is 8.50. The molecule has 234 valence electrons. The van der Waals surface area contributed by atoms with Crippen LogP contribution in [0.5, 0.6) is 0 Å². The van der Waals surface area contributed by atoms with Gasteiger partial charge in [0.1, 0.15) is 0 Å². The summed E-state index contributed by atoms with van der Waals surface area (Å²) < 4.78 is 43.4. The van der Waals surface area contributed by atoms with Crippen LogP contribution in [0.3, 0.4) is 0 Å². The molecule has 2 aromatic heterocycles. The fraction of sp³-hybridized carbons (Fsp3) is 0.0244. The number of fused-ring (bicyclic) bond motifs is 3. The number of para-hydroxylation sites is 1. The van der Waals surface area contributed by atoms with Crippen LogP contribution >= 0.6 is 0 Å². The molecule has 0 unspecified atom stereocenters. The molecule has 49 heavy (non-hydrogen) atoms. The highest BCUT2D eigenvalue weighted by molar-refractivity contribution is 6.10. The van der Waals surface area contributed by atoms with Crippen LogP contribution in [-0.2, 0) is 6.18 Å². The molecule has 6 aromatic carbocycles. The van der Waals surface area contributed by atoms with Gasteiger partial charge in [-0.3, -0.25) is 0 Å². The normalized spacial score (nSPS) is 11.6. The lowest BCUT2D eigenvalue weighted by atomic mass is 9.99. The molecule has 8 aromatic rings. The zero-order chi connectivity index (χ0) is 33.5. The second kappa shape index (κ2) is 11.9. The molecule has 0 amide bonds. The quantitative estimate of drug-likeness (QED) is 0.187. The Morgan fingerprint density at radius 2 is 1.10 bits per heavy atom. The Hall–Kier alpha value is -6.59. The number of nitriles is 1. The lowest BCUT2D eigenvalue weighted by Crippen LogP contribution is -2.05. The predicted molar refractivity (Wildman–Crippen MR) is 186 cm³/mol. The van der Waals surface area contributed by atoms with E-state index in [-0.39, 0.29) is 0 Å². The van der Waals surface area contributed by atoms with Crippen LogP contribution in [0.4, 0.5) is 13.2 Å². The van der Waals surface area contributed by atoms with E-state index in [1.54, 1.807) is 18.2 Å². The van der Waals surface area contributed by atoms with Crippen molar-refractivity contribution in [3.63, 3.8) is 0 Å². The number of rotatable bonds is 5. The van der Waals surface area contributed by atoms with Gasteiger partial charge in [-0.2, -0.15) is 18.4 Å². The molecule has 0 saturated carbocycles. The van der Waals surface area contributed by atoms with Gasteiger partial charge in [-0.05, 0) is 59.7 Å². The average Bonchev–Trinajstić information content (AvgIpc) is 3.48. The van der Waals surface area contributed by atoms with Crippen molar-refractivity contribution >= 4 is 21.8 Å². The molecular formula is C41H24F3N5. The first kappa shape index (κ1) is 29.8. The molecule has 0 spiro atoms. The smallest absolute Gasteiger partial charge is 0.308 e. The Kier molecular flexibility index (Phi) is 7.23. The third kappa shape index (κ3) is 5.47. The molecule has 0 saturated heterocycles. The number of hydrogen-bond donors (Lipinski definition) is 0. The van der Waals surface area contributed by atoms with E-state index in [0.29, 0.717) is 45.4 Å². The largest absolute Gasteiger partial charge is 0.416 e. The van der Waals surface area contributed by atoms with Gasteiger partial charge in [-0.1, -0.05) is 97.1 Å². The van der Waals surface area contributed by atoms with Crippen molar-refractivity contribution in [3.8, 4) is 57.0 Å². The van der Waals surface area contributed by atoms with Crippen molar-refractivity contribution < 1.29 is 13.2 Å². The van der Waals surface area contributed by atoms with E-state index in [0.717, 1.165) is 45.1 Å². The zero-order valence-electron chi connectivity index (χ0n) is 25.7. The number of aromatic nitrogens is 4. The van der Waals surface area contributed by atoms with Crippen LogP contribution in [-0.4, -0.2) is 19.5 Å². The molecule has 0 bridgehead atoms. The van der Waals surface area contributed by atoms with Crippen LogP contribution < -0.4 is 0 Å². The van der Waals surface area contributed by atoms with Crippen LogP contribution in [0.1, 0.15) is 11.1 Å². The Balaban J connectivity index is 1.45. The summed E-state index contributed by atoms with van der Waals surface area (Å²) in [5, 5.41) is 11.5. The highest BCUT2D eigenvalue weighted by Gasteiger charge is 2.30. The zero-order valence-corrected chi connectivity index (χ0v) is 25.7. The summed E-state index contributed by atoms with van der Waals surface area (Å²) in [6.45, 7) is 0. The molecular weight excluding hydrogens is 619 g/mol. The van der Waals surface area contributed by atoms with E-state index in [1.807, 2.05) is 109 Å². The summed E-state index contributed by atoms with van der Waals surface area (Å²) in [7, 11) is 0. The Morgan fingerprint density at radius 1 is 0.510 bits per heavy atom. The maximum absolute atomic E-state index is 13.8. The molecule has 8 heteroatoms. The number of halogens is 3. The van der Waals surface area contributed by atoms with E-state index in [1.165, 1.54) is 6.07 Å². The van der Waals surface area contributed by atoms with Crippen LogP contribution in [0.15, 0.2) is 146 Å². The number of alkyl halides is 3. The highest BCUT2D eigenvalue weighted by atomic mass is 19.4. The minimum absolute atomic E-state index is 0.401. The van der Waals surface area contributed by atoms with Gasteiger partial charge in [0.2, 0.25) is 0 Å². The van der Waals surface area contributed by atoms with Gasteiger partial charge in [0, 0.05) is 27.5 Å². The maximum atomic E-state index is 13.8. The molecule has 8 rings (SSSR count). The van der Waals surface area contributed by atoms with Gasteiger partial charge in [0.25, 0.3) is 0 Å². The van der Waals surface area contributed by atoms with Crippen molar-refractivity contribution in [1.29, 1.82) is 5.26 Å². The average molecular weight is 644 g/mol. The number of nitrogens with zero attached hydrogens (tertiary/aromatic N) is 5. The molecule has 0 fully saturated rings. The Morgan fingerprint density at radius 3 is 1.78 bits per heavy atom. The third-order valence-electron chi connectivity index (χ3n) is 8.50. The molecule has 0 radical (unpaired) electrons. The lowest BCUT2D eigenvalue weighted by molar-refractivity contribution is -0.137. The summed E-state index contributed by atoms with van der Waals surface area (Å²) in [6, 6.07) is 45.7. The van der Waals surface area contributed by atoms with E-state index < -0.39 is 11.7 Å². The van der Waals surface area contributed by atoms with Crippen molar-refractivity contribution in [3.05, 3.63) is 157 Å². The van der Waals surface area contributed by atoms with Crippen LogP contribution in [0, 0.1) is 11.3 Å². The minimum Gasteiger partial charge on any atom is -0.308 e. The van der Waals surface area contributed by atoms with Gasteiger partial charge in [-0.15, -0.1) is 0 Å². The first-order valence-corrected chi connectivity index (χ1v) is 15.5. The van der Waals surface area contributed by atoms with E-state index in [4.69, 9.17) is 15.0 Å². The summed E-state index contributed by atoms with van der Waals surface area (Å²) in [6.07, 6.45) is -4.49. The molecule has 2 heterocycles. The standard InChI is InChI=1S/C41H24F3N5/c42-41(43,44)31-15-9-14-29(23-31)30-19-20-33(37(24-30)49-35-17-8-7-16-32(35)34-22-26(25-45)18-21-36(34)49)40-47-38(27-10-3-1-4-11-27)46-39(48-40)28-12-5-2-6-13-28/h1-24H. The van der Waals surface area contributed by atoms with E-state index >= 15 is 0 Å². The second-order valence-corrected chi connectivity index (χ2v) is 11.5. The first-order valence-electron chi connectivity index (χ1n) is 15.5. The minimum atomic E-state index is -4.49. The van der Waals surface area contributed by atoms with Gasteiger partial charge in [-0.25, -0.2) is 15.0 Å². The van der Waals surface area contributed by atoms with Gasteiger partial charge in [0.15, 0.2) is 17.5 Å². The fourth-order valence-electron chi connectivity index (χ4n) is 6.19. The maximum Gasteiger partial charge on any atom is 0.416 e. The number of benzene rings is 6. The monoisotopic (exact) mass is 643 g/mol. The molecule has 0 aliphatic rings. The fourth-order valence-corrected chi connectivity index (χ4v) is 6.19. The summed E-state index contributed by atoms with van der Waals surface area (Å²) in [5.74, 6) is 1.37. The van der Waals surface area contributed by atoms with Crippen molar-refractivity contribution in [2.24, 2.45) is 0 Å². The van der Waals surface area contributed by atoms with Crippen LogP contribution in [0.25, 0.3) is 72.8 Å². The molecule has 0 N–H and O–H groups in total. The van der Waals surface area contributed by atoms with Crippen molar-refractivity contribution in [2.45, 2.75) is 6.18 Å². The van der Waals surface area contributed by atoms with Gasteiger partial charge >= 0.3 is 6.18 Å². The van der Waals surface area contributed by atoms with Crippen molar-refractivity contribution in [2.75, 3.05) is 0 Å². The van der Waals surface area contributed by atoms with Gasteiger partial charge in [0.05, 0.1) is 33.9 Å². The summed E-state index contributed by atoms with van der Waals surface area (Å²) in [4.78, 5) is 14.8. The highest BCUT2D eigenvalue weighted by Crippen LogP contribution is 2.39. The SMILES string of the molecule is N#Cc1ccc2c(c1)c1ccccc1n2-c1cc(-c2cccc(C(F)(F)F)c2)ccc1-c1nc(-c2ccccc2)nc(-c2ccccc2)n1. The summed E-state index contributed by atoms with van der Waals surface area (Å²) in [5.41, 5.74) is 5.41. The molecule has 5 nitrogen and oxygen atoms in total. The molecule has 0 atom stereocenters. The van der Waals surface area contributed by atoms with Crippen molar-refractivity contribution in [1.82, 2.24) is 19.5 Å². The lowest BCUT2D eigenvalue weighted by Gasteiger charge is -2.17. The number of hydrogen-bond acceptors (Lipinski definition) is 4. The Labute approximate surface area is 279 Å². The predicted octanol–water partition coefficient (Wildman–Crippen LogP) is 10.5. The molecule has 0 aliphatic carbocycles. The molecule has 0 aliphatic heterocycles. The van der Waals surface area contributed by atoms with E-state index in [9.17, 15) is 18.4 Å². The van der Waals surface area contributed by atoms with E-state index in [2.05, 4.69) is 10.6 Å². The second-order valence-electron chi connectivity index (χ2n) is 11.5. The first-order chi connectivity index (χ1) is 23.9. The Bertz CT molecular complexity index is 2490. The van der Waals surface area contributed by atoms with Gasteiger partial charge < -0.3 is 4.57 Å². The topological polar surface area (TPSA) is 67.4 Å². The van der Waals surface area contributed by atoms with Crippen LogP contribution in [0.2, 0.25) is 0 Å².